The Morgan fingerprint density at radius 3 is 2.95 bits per heavy atom. The van der Waals surface area contributed by atoms with Crippen molar-refractivity contribution in [3.8, 4) is 5.75 Å². The molecule has 116 valence electrons. The molecule has 1 unspecified atom stereocenters. The summed E-state index contributed by atoms with van der Waals surface area (Å²) < 4.78 is 18.2. The van der Waals surface area contributed by atoms with Gasteiger partial charge in [-0.15, -0.1) is 0 Å². The van der Waals surface area contributed by atoms with Gasteiger partial charge in [0.1, 0.15) is 12.4 Å². The number of rotatable bonds is 5. The Labute approximate surface area is 134 Å². The van der Waals surface area contributed by atoms with E-state index in [-0.39, 0.29) is 6.29 Å². The van der Waals surface area contributed by atoms with Crippen LogP contribution in [0.3, 0.4) is 0 Å². The summed E-state index contributed by atoms with van der Waals surface area (Å²) in [4.78, 5) is 2.46. The zero-order valence-electron chi connectivity index (χ0n) is 12.2. The topological polar surface area (TPSA) is 30.9 Å². The molecule has 1 aromatic carbocycles. The van der Waals surface area contributed by atoms with E-state index in [9.17, 15) is 0 Å². The van der Waals surface area contributed by atoms with Gasteiger partial charge in [-0.25, -0.2) is 0 Å². The van der Waals surface area contributed by atoms with Gasteiger partial charge < -0.3 is 14.2 Å². The van der Waals surface area contributed by atoms with Crippen molar-refractivity contribution >= 4 is 15.9 Å². The molecular weight excluding hydrogens is 334 g/mol. The molecule has 1 atom stereocenters. The van der Waals surface area contributed by atoms with E-state index in [0.717, 1.165) is 49.7 Å². The highest BCUT2D eigenvalue weighted by molar-refractivity contribution is 9.10. The third kappa shape index (κ3) is 4.42. The minimum Gasteiger partial charge on any atom is -0.492 e. The zero-order chi connectivity index (χ0) is 14.5. The van der Waals surface area contributed by atoms with Crippen LogP contribution in [0.5, 0.6) is 5.75 Å². The maximum atomic E-state index is 5.82. The van der Waals surface area contributed by atoms with E-state index >= 15 is 0 Å². The molecule has 4 nitrogen and oxygen atoms in total. The predicted molar refractivity (Wildman–Crippen MR) is 84.5 cm³/mol. The van der Waals surface area contributed by atoms with Crippen LogP contribution in [-0.2, 0) is 9.47 Å². The maximum absolute atomic E-state index is 5.82. The molecule has 0 aromatic heterocycles. The van der Waals surface area contributed by atoms with E-state index in [2.05, 4.69) is 20.8 Å². The second-order valence-electron chi connectivity index (χ2n) is 5.62. The minimum absolute atomic E-state index is 0.0128. The van der Waals surface area contributed by atoms with Crippen LogP contribution in [0.15, 0.2) is 28.7 Å². The van der Waals surface area contributed by atoms with Crippen LogP contribution in [0.4, 0.5) is 0 Å². The predicted octanol–water partition coefficient (Wildman–Crippen LogP) is 2.91. The van der Waals surface area contributed by atoms with Gasteiger partial charge >= 0.3 is 0 Å². The van der Waals surface area contributed by atoms with Crippen LogP contribution in [0, 0.1) is 5.92 Å². The first kappa shape index (κ1) is 15.3. The quantitative estimate of drug-likeness (QED) is 0.812. The fraction of sp³-hybridized carbons (Fsp3) is 0.625. The van der Waals surface area contributed by atoms with E-state index in [4.69, 9.17) is 14.2 Å². The van der Waals surface area contributed by atoms with Gasteiger partial charge in [0.15, 0.2) is 6.29 Å². The lowest BCUT2D eigenvalue weighted by Gasteiger charge is -2.34. The van der Waals surface area contributed by atoms with Crippen LogP contribution in [-0.4, -0.2) is 50.6 Å². The molecule has 0 saturated carbocycles. The number of ether oxygens (including phenoxy) is 3. The SMILES string of the molecule is Brc1cccc(OCCN2CCCC(C3OCCO3)C2)c1. The molecule has 0 aliphatic carbocycles. The Morgan fingerprint density at radius 1 is 1.29 bits per heavy atom. The third-order valence-electron chi connectivity index (χ3n) is 4.05. The molecule has 1 aromatic rings. The molecule has 0 spiro atoms. The first-order chi connectivity index (χ1) is 10.3. The van der Waals surface area contributed by atoms with Gasteiger partial charge in [-0.1, -0.05) is 22.0 Å². The van der Waals surface area contributed by atoms with Gasteiger partial charge in [0.05, 0.1) is 13.2 Å². The average Bonchev–Trinajstić information content (AvgIpc) is 3.02. The summed E-state index contributed by atoms with van der Waals surface area (Å²) in [6, 6.07) is 7.98. The van der Waals surface area contributed by atoms with Crippen LogP contribution >= 0.6 is 15.9 Å². The Hall–Kier alpha value is -0.620. The molecule has 2 fully saturated rings. The van der Waals surface area contributed by atoms with E-state index in [0.29, 0.717) is 5.92 Å². The molecule has 0 amide bonds. The number of hydrogen-bond donors (Lipinski definition) is 0. The largest absolute Gasteiger partial charge is 0.492 e. The van der Waals surface area contributed by atoms with Crippen molar-refractivity contribution in [1.82, 2.24) is 4.90 Å². The average molecular weight is 356 g/mol. The van der Waals surface area contributed by atoms with E-state index in [1.807, 2.05) is 24.3 Å². The van der Waals surface area contributed by atoms with Crippen molar-refractivity contribution in [2.24, 2.45) is 5.92 Å². The summed E-state index contributed by atoms with van der Waals surface area (Å²) in [5, 5.41) is 0. The number of hydrogen-bond acceptors (Lipinski definition) is 4. The van der Waals surface area contributed by atoms with Crippen LogP contribution < -0.4 is 4.74 Å². The smallest absolute Gasteiger partial charge is 0.161 e. The van der Waals surface area contributed by atoms with Crippen molar-refractivity contribution in [2.75, 3.05) is 39.5 Å². The third-order valence-corrected chi connectivity index (χ3v) is 4.54. The van der Waals surface area contributed by atoms with Crippen molar-refractivity contribution < 1.29 is 14.2 Å². The van der Waals surface area contributed by atoms with Gasteiger partial charge in [-0.05, 0) is 37.6 Å². The molecule has 2 saturated heterocycles. The van der Waals surface area contributed by atoms with Gasteiger partial charge in [0.25, 0.3) is 0 Å². The highest BCUT2D eigenvalue weighted by Gasteiger charge is 2.30. The van der Waals surface area contributed by atoms with Gasteiger partial charge in [0, 0.05) is 23.5 Å². The lowest BCUT2D eigenvalue weighted by atomic mass is 9.97. The maximum Gasteiger partial charge on any atom is 0.161 e. The molecule has 0 N–H and O–H groups in total. The van der Waals surface area contributed by atoms with Crippen molar-refractivity contribution in [2.45, 2.75) is 19.1 Å². The summed E-state index contributed by atoms with van der Waals surface area (Å²) in [7, 11) is 0. The summed E-state index contributed by atoms with van der Waals surface area (Å²) >= 11 is 3.46. The summed E-state index contributed by atoms with van der Waals surface area (Å²) in [6.07, 6.45) is 2.43. The molecule has 2 heterocycles. The van der Waals surface area contributed by atoms with Gasteiger partial charge in [-0.2, -0.15) is 0 Å². The lowest BCUT2D eigenvalue weighted by molar-refractivity contribution is -0.100. The van der Waals surface area contributed by atoms with Crippen LogP contribution in [0.1, 0.15) is 12.8 Å². The van der Waals surface area contributed by atoms with Crippen LogP contribution in [0.2, 0.25) is 0 Å². The highest BCUT2D eigenvalue weighted by Crippen LogP contribution is 2.25. The molecule has 21 heavy (non-hydrogen) atoms. The molecule has 3 rings (SSSR count). The highest BCUT2D eigenvalue weighted by atomic mass is 79.9. The molecule has 5 heteroatoms. The lowest BCUT2D eigenvalue weighted by Crippen LogP contribution is -2.42. The van der Waals surface area contributed by atoms with Crippen molar-refractivity contribution in [3.05, 3.63) is 28.7 Å². The molecule has 2 aliphatic rings. The Morgan fingerprint density at radius 2 is 2.14 bits per heavy atom. The molecule has 0 radical (unpaired) electrons. The standard InChI is InChI=1S/C16H22BrNO3/c17-14-4-1-5-15(11-14)19-8-7-18-6-2-3-13(12-18)16-20-9-10-21-16/h1,4-5,11,13,16H,2-3,6-10,12H2. The monoisotopic (exact) mass is 355 g/mol. The van der Waals surface area contributed by atoms with Gasteiger partial charge in [0.2, 0.25) is 0 Å². The van der Waals surface area contributed by atoms with Crippen LogP contribution in [0.25, 0.3) is 0 Å². The Balaban J connectivity index is 1.42. The van der Waals surface area contributed by atoms with Gasteiger partial charge in [-0.3, -0.25) is 4.90 Å². The first-order valence-corrected chi connectivity index (χ1v) is 8.44. The minimum atomic E-state index is 0.0128. The number of benzene rings is 1. The second-order valence-corrected chi connectivity index (χ2v) is 6.53. The number of halogens is 1. The summed E-state index contributed by atoms with van der Waals surface area (Å²) in [5.41, 5.74) is 0. The fourth-order valence-corrected chi connectivity index (χ4v) is 3.39. The fourth-order valence-electron chi connectivity index (χ4n) is 3.01. The molecule has 0 bridgehead atoms. The Bertz CT molecular complexity index is 451. The summed E-state index contributed by atoms with van der Waals surface area (Å²) in [5.74, 6) is 1.42. The molecular formula is C16H22BrNO3. The molecule has 2 aliphatic heterocycles. The van der Waals surface area contributed by atoms with E-state index in [1.54, 1.807) is 0 Å². The number of nitrogens with zero attached hydrogens (tertiary/aromatic N) is 1. The Kier molecular flexibility index (Phi) is 5.52. The summed E-state index contributed by atoms with van der Waals surface area (Å²) in [6.45, 7) is 5.35. The zero-order valence-corrected chi connectivity index (χ0v) is 13.8. The first-order valence-electron chi connectivity index (χ1n) is 7.65. The van der Waals surface area contributed by atoms with Crippen molar-refractivity contribution in [3.63, 3.8) is 0 Å². The second kappa shape index (κ2) is 7.58. The normalized spacial score (nSPS) is 24.3. The van der Waals surface area contributed by atoms with Crippen molar-refractivity contribution in [1.29, 1.82) is 0 Å². The van der Waals surface area contributed by atoms with E-state index < -0.39 is 0 Å². The number of likely N-dealkylation sites (tertiary alicyclic amines) is 1. The van der Waals surface area contributed by atoms with E-state index in [1.165, 1.54) is 12.8 Å². The number of piperidine rings is 1.